The van der Waals surface area contributed by atoms with Crippen molar-refractivity contribution in [2.45, 2.75) is 13.0 Å². The number of hydrogen-bond acceptors (Lipinski definition) is 4. The lowest BCUT2D eigenvalue weighted by atomic mass is 10.1. The van der Waals surface area contributed by atoms with E-state index in [9.17, 15) is 19.1 Å². The van der Waals surface area contributed by atoms with Crippen LogP contribution in [-0.4, -0.2) is 20.4 Å². The summed E-state index contributed by atoms with van der Waals surface area (Å²) in [5.41, 5.74) is 0.524. The Kier molecular flexibility index (Phi) is 6.56. The quantitative estimate of drug-likeness (QED) is 0.398. The summed E-state index contributed by atoms with van der Waals surface area (Å²) in [4.78, 5) is 29.4. The van der Waals surface area contributed by atoms with E-state index in [1.165, 1.54) is 18.3 Å². The maximum Gasteiger partial charge on any atom is 0.300 e. The van der Waals surface area contributed by atoms with Gasteiger partial charge in [-0.25, -0.2) is 9.37 Å². The van der Waals surface area contributed by atoms with Gasteiger partial charge in [0.2, 0.25) is 5.75 Å². The molecular formula is C23H15Cl3FN3O3. The van der Waals surface area contributed by atoms with Crippen molar-refractivity contribution in [1.82, 2.24) is 14.7 Å². The number of pyridine rings is 1. The molecule has 0 bridgehead atoms. The molecule has 4 rings (SSSR count). The molecule has 2 heterocycles. The largest absolute Gasteiger partial charge is 0.501 e. The van der Waals surface area contributed by atoms with Crippen LogP contribution >= 0.6 is 34.8 Å². The highest BCUT2D eigenvalue weighted by Gasteiger charge is 2.19. The summed E-state index contributed by atoms with van der Waals surface area (Å²) < 4.78 is 15.3. The average molecular weight is 507 g/mol. The number of carbonyl (C=O) groups excluding carboxylic acids is 1. The number of aromatic hydroxyl groups is 1. The van der Waals surface area contributed by atoms with Gasteiger partial charge in [0.05, 0.1) is 15.1 Å². The fourth-order valence-electron chi connectivity index (χ4n) is 3.26. The number of rotatable bonds is 5. The molecular weight excluding hydrogens is 492 g/mol. The number of fused-ring (bicyclic) bond motifs is 1. The van der Waals surface area contributed by atoms with E-state index in [0.717, 1.165) is 4.40 Å². The molecule has 4 aromatic rings. The normalized spacial score (nSPS) is 11.0. The first-order chi connectivity index (χ1) is 15.7. The van der Waals surface area contributed by atoms with Crippen molar-refractivity contribution in [2.24, 2.45) is 0 Å². The standard InChI is InChI=1S/C23H15Cl3FN3O3/c24-15-6-4-12(9-17(15)26)10-28-22(32)20-21(31)23(33)30-11-13(5-7-18(30)29-20)8-14-2-1-3-16(25)19(14)27/h1-7,9,11,31H,8,10H2,(H,28,32). The SMILES string of the molecule is O=C(NCc1ccc(Cl)c(Cl)c1)c1nc2ccc(Cc3cccc(Cl)c3F)cn2c(=O)c1O. The first-order valence-electron chi connectivity index (χ1n) is 9.64. The fraction of sp³-hybridized carbons (Fsp3) is 0.0870. The lowest BCUT2D eigenvalue weighted by Gasteiger charge is -2.10. The second-order valence-electron chi connectivity index (χ2n) is 7.20. The second kappa shape index (κ2) is 9.39. The van der Waals surface area contributed by atoms with Crippen molar-refractivity contribution < 1.29 is 14.3 Å². The van der Waals surface area contributed by atoms with Crippen LogP contribution in [0.2, 0.25) is 15.1 Å². The number of benzene rings is 2. The number of hydrogen-bond donors (Lipinski definition) is 2. The summed E-state index contributed by atoms with van der Waals surface area (Å²) in [7, 11) is 0. The molecule has 0 aliphatic carbocycles. The minimum absolute atomic E-state index is 0.00120. The van der Waals surface area contributed by atoms with E-state index in [1.807, 2.05) is 0 Å². The Morgan fingerprint density at radius 2 is 1.79 bits per heavy atom. The molecule has 0 aliphatic heterocycles. The van der Waals surface area contributed by atoms with Gasteiger partial charge in [-0.2, -0.15) is 0 Å². The molecule has 0 unspecified atom stereocenters. The molecule has 2 aromatic heterocycles. The summed E-state index contributed by atoms with van der Waals surface area (Å²) >= 11 is 17.7. The molecule has 2 aromatic carbocycles. The smallest absolute Gasteiger partial charge is 0.300 e. The van der Waals surface area contributed by atoms with Gasteiger partial charge < -0.3 is 10.4 Å². The fourth-order valence-corrected chi connectivity index (χ4v) is 3.77. The number of nitrogens with zero attached hydrogens (tertiary/aromatic N) is 2. The third-order valence-electron chi connectivity index (χ3n) is 4.94. The number of nitrogens with one attached hydrogen (secondary N) is 1. The Morgan fingerprint density at radius 3 is 2.55 bits per heavy atom. The Morgan fingerprint density at radius 1 is 1.03 bits per heavy atom. The zero-order valence-electron chi connectivity index (χ0n) is 16.8. The van der Waals surface area contributed by atoms with E-state index in [1.54, 1.807) is 36.4 Å². The van der Waals surface area contributed by atoms with Gasteiger partial charge in [-0.3, -0.25) is 14.0 Å². The van der Waals surface area contributed by atoms with Gasteiger partial charge in [0.1, 0.15) is 11.5 Å². The van der Waals surface area contributed by atoms with Gasteiger partial charge in [0.25, 0.3) is 5.91 Å². The topological polar surface area (TPSA) is 83.7 Å². The van der Waals surface area contributed by atoms with Crippen molar-refractivity contribution in [3.05, 3.63) is 108 Å². The predicted octanol–water partition coefficient (Wildman–Crippen LogP) is 5.02. The van der Waals surface area contributed by atoms with Crippen molar-refractivity contribution in [1.29, 1.82) is 0 Å². The lowest BCUT2D eigenvalue weighted by Crippen LogP contribution is -2.27. The zero-order chi connectivity index (χ0) is 23.7. The molecule has 0 fully saturated rings. The molecule has 2 N–H and O–H groups in total. The van der Waals surface area contributed by atoms with E-state index >= 15 is 0 Å². The van der Waals surface area contributed by atoms with E-state index in [4.69, 9.17) is 34.8 Å². The van der Waals surface area contributed by atoms with Gasteiger partial charge >= 0.3 is 5.56 Å². The maximum absolute atomic E-state index is 14.2. The summed E-state index contributed by atoms with van der Waals surface area (Å²) in [6, 6.07) is 12.7. The van der Waals surface area contributed by atoms with Crippen LogP contribution in [0.4, 0.5) is 4.39 Å². The van der Waals surface area contributed by atoms with Crippen LogP contribution in [0.1, 0.15) is 27.2 Å². The minimum atomic E-state index is -0.826. The van der Waals surface area contributed by atoms with E-state index < -0.39 is 28.7 Å². The number of carbonyl (C=O) groups is 1. The van der Waals surface area contributed by atoms with Crippen molar-refractivity contribution in [2.75, 3.05) is 0 Å². The Labute approximate surface area is 202 Å². The summed E-state index contributed by atoms with van der Waals surface area (Å²) in [5, 5.41) is 13.6. The molecule has 0 spiro atoms. The zero-order valence-corrected chi connectivity index (χ0v) is 19.0. The van der Waals surface area contributed by atoms with Gasteiger partial charge in [-0.05, 0) is 41.0 Å². The third kappa shape index (κ3) is 4.80. The Balaban J connectivity index is 1.60. The maximum atomic E-state index is 14.2. The summed E-state index contributed by atoms with van der Waals surface area (Å²) in [5.74, 6) is -2.07. The highest BCUT2D eigenvalue weighted by molar-refractivity contribution is 6.42. The van der Waals surface area contributed by atoms with Crippen LogP contribution in [0.15, 0.2) is 59.5 Å². The van der Waals surface area contributed by atoms with Crippen LogP contribution in [-0.2, 0) is 13.0 Å². The van der Waals surface area contributed by atoms with Crippen molar-refractivity contribution in [3.8, 4) is 5.75 Å². The van der Waals surface area contributed by atoms with E-state index in [-0.39, 0.29) is 23.6 Å². The molecule has 168 valence electrons. The number of aromatic nitrogens is 2. The number of halogens is 4. The van der Waals surface area contributed by atoms with Gasteiger partial charge in [0, 0.05) is 19.2 Å². The summed E-state index contributed by atoms with van der Waals surface area (Å²) in [6.07, 6.45) is 1.60. The van der Waals surface area contributed by atoms with E-state index in [0.29, 0.717) is 26.7 Å². The van der Waals surface area contributed by atoms with Crippen LogP contribution in [0, 0.1) is 5.82 Å². The number of amides is 1. The summed E-state index contributed by atoms with van der Waals surface area (Å²) in [6.45, 7) is 0.0837. The molecule has 6 nitrogen and oxygen atoms in total. The first-order valence-corrected chi connectivity index (χ1v) is 10.8. The highest BCUT2D eigenvalue weighted by atomic mass is 35.5. The third-order valence-corrected chi connectivity index (χ3v) is 5.97. The average Bonchev–Trinajstić information content (AvgIpc) is 2.80. The monoisotopic (exact) mass is 505 g/mol. The molecule has 0 aliphatic rings. The van der Waals surface area contributed by atoms with Crippen LogP contribution < -0.4 is 10.9 Å². The lowest BCUT2D eigenvalue weighted by molar-refractivity contribution is 0.0942. The Bertz CT molecular complexity index is 1460. The van der Waals surface area contributed by atoms with E-state index in [2.05, 4.69) is 10.3 Å². The van der Waals surface area contributed by atoms with Gasteiger partial charge in [-0.15, -0.1) is 0 Å². The van der Waals surface area contributed by atoms with Gasteiger partial charge in [0.15, 0.2) is 5.69 Å². The molecule has 0 saturated heterocycles. The highest BCUT2D eigenvalue weighted by Crippen LogP contribution is 2.23. The van der Waals surface area contributed by atoms with Crippen LogP contribution in [0.25, 0.3) is 5.65 Å². The molecule has 1 amide bonds. The Hall–Kier alpha value is -3.13. The molecule has 0 radical (unpaired) electrons. The van der Waals surface area contributed by atoms with Crippen LogP contribution in [0.5, 0.6) is 5.75 Å². The minimum Gasteiger partial charge on any atom is -0.501 e. The van der Waals surface area contributed by atoms with Crippen molar-refractivity contribution >= 4 is 46.4 Å². The van der Waals surface area contributed by atoms with Crippen molar-refractivity contribution in [3.63, 3.8) is 0 Å². The predicted molar refractivity (Wildman–Crippen MR) is 125 cm³/mol. The first kappa shape index (κ1) is 23.0. The van der Waals surface area contributed by atoms with Crippen LogP contribution in [0.3, 0.4) is 0 Å². The second-order valence-corrected chi connectivity index (χ2v) is 8.42. The molecule has 33 heavy (non-hydrogen) atoms. The molecule has 0 saturated carbocycles. The molecule has 0 atom stereocenters. The van der Waals surface area contributed by atoms with Gasteiger partial charge in [-0.1, -0.05) is 59.1 Å². The molecule has 10 heteroatoms.